The van der Waals surface area contributed by atoms with Gasteiger partial charge in [0, 0.05) is 7.05 Å². The summed E-state index contributed by atoms with van der Waals surface area (Å²) in [6.07, 6.45) is 0. The third-order valence-electron chi connectivity index (χ3n) is 1.52. The maximum Gasteiger partial charge on any atom is 0.174 e. The number of rotatable bonds is 0. The first-order valence-corrected chi connectivity index (χ1v) is 3.13. The molecule has 52 valence electrons. The number of benzene rings is 1. The minimum Gasteiger partial charge on any atom is -0.387 e. The van der Waals surface area contributed by atoms with Gasteiger partial charge in [0.2, 0.25) is 0 Å². The van der Waals surface area contributed by atoms with Crippen LogP contribution >= 0.6 is 0 Å². The van der Waals surface area contributed by atoms with Crippen molar-refractivity contribution in [2.75, 3.05) is 12.1 Å². The maximum absolute atomic E-state index is 5.09. The molecular formula is C7H8N2O. The van der Waals surface area contributed by atoms with Crippen molar-refractivity contribution in [1.82, 2.24) is 5.59 Å². The van der Waals surface area contributed by atoms with Crippen molar-refractivity contribution in [3.8, 4) is 5.75 Å². The predicted molar refractivity (Wildman–Crippen MR) is 38.6 cm³/mol. The average Bonchev–Trinajstić information content (AvgIpc) is 2.34. The molecule has 0 saturated carbocycles. The van der Waals surface area contributed by atoms with Gasteiger partial charge in [0.25, 0.3) is 0 Å². The van der Waals surface area contributed by atoms with Crippen molar-refractivity contribution in [1.29, 1.82) is 0 Å². The van der Waals surface area contributed by atoms with Crippen molar-refractivity contribution < 1.29 is 4.84 Å². The topological polar surface area (TPSA) is 24.5 Å². The van der Waals surface area contributed by atoms with Gasteiger partial charge in [-0.15, -0.1) is 0 Å². The van der Waals surface area contributed by atoms with Crippen molar-refractivity contribution in [2.45, 2.75) is 0 Å². The summed E-state index contributed by atoms with van der Waals surface area (Å²) in [4.78, 5) is 5.09. The quantitative estimate of drug-likeness (QED) is 0.574. The Bertz CT molecular complexity index is 249. The van der Waals surface area contributed by atoms with Crippen LogP contribution < -0.4 is 15.4 Å². The number of hydrazine groups is 1. The standard InChI is InChI=1S/C7H8N2O/c1-9-6-4-2-3-5-7(6)10-8-9/h2-5,8H,1H3. The van der Waals surface area contributed by atoms with E-state index in [1.54, 1.807) is 0 Å². The lowest BCUT2D eigenvalue weighted by atomic mass is 10.3. The molecule has 0 atom stereocenters. The lowest BCUT2D eigenvalue weighted by molar-refractivity contribution is 0.220. The van der Waals surface area contributed by atoms with Gasteiger partial charge in [-0.1, -0.05) is 17.7 Å². The van der Waals surface area contributed by atoms with Gasteiger partial charge in [0.1, 0.15) is 0 Å². The van der Waals surface area contributed by atoms with Crippen LogP contribution in [0.1, 0.15) is 0 Å². The molecule has 10 heavy (non-hydrogen) atoms. The van der Waals surface area contributed by atoms with Crippen molar-refractivity contribution in [3.05, 3.63) is 24.3 Å². The molecule has 1 heterocycles. The fourth-order valence-corrected chi connectivity index (χ4v) is 0.987. The largest absolute Gasteiger partial charge is 0.387 e. The van der Waals surface area contributed by atoms with Crippen molar-refractivity contribution >= 4 is 5.69 Å². The second-order valence-electron chi connectivity index (χ2n) is 2.22. The van der Waals surface area contributed by atoms with Gasteiger partial charge >= 0.3 is 0 Å². The van der Waals surface area contributed by atoms with Gasteiger partial charge in [0.05, 0.1) is 5.69 Å². The third-order valence-corrected chi connectivity index (χ3v) is 1.52. The van der Waals surface area contributed by atoms with Gasteiger partial charge in [-0.25, -0.2) is 0 Å². The fourth-order valence-electron chi connectivity index (χ4n) is 0.987. The third kappa shape index (κ3) is 0.642. The van der Waals surface area contributed by atoms with E-state index in [-0.39, 0.29) is 0 Å². The number of hydrogen-bond donors (Lipinski definition) is 1. The number of hydrogen-bond acceptors (Lipinski definition) is 3. The molecule has 0 amide bonds. The SMILES string of the molecule is CN1NOc2ccccc21. The molecule has 3 nitrogen and oxygen atoms in total. The zero-order valence-electron chi connectivity index (χ0n) is 5.66. The molecule has 0 fully saturated rings. The number of nitrogens with one attached hydrogen (secondary N) is 1. The zero-order valence-corrected chi connectivity index (χ0v) is 5.66. The van der Waals surface area contributed by atoms with Gasteiger partial charge in [0.15, 0.2) is 5.75 Å². The number of anilines is 1. The normalized spacial score (nSPS) is 14.7. The van der Waals surface area contributed by atoms with Gasteiger partial charge in [-0.05, 0) is 12.1 Å². The molecule has 3 heteroatoms. The highest BCUT2D eigenvalue weighted by atomic mass is 16.7. The molecule has 0 saturated heterocycles. The lowest BCUT2D eigenvalue weighted by Gasteiger charge is -2.06. The van der Waals surface area contributed by atoms with Crippen molar-refractivity contribution in [3.63, 3.8) is 0 Å². The molecule has 1 aliphatic heterocycles. The second kappa shape index (κ2) is 1.88. The van der Waals surface area contributed by atoms with E-state index in [4.69, 9.17) is 4.84 Å². The van der Waals surface area contributed by atoms with E-state index in [9.17, 15) is 0 Å². The van der Waals surface area contributed by atoms with Crippen LogP contribution in [0.3, 0.4) is 0 Å². The summed E-state index contributed by atoms with van der Waals surface area (Å²) in [5.41, 5.74) is 3.79. The molecule has 1 aromatic carbocycles. The first kappa shape index (κ1) is 5.56. The Labute approximate surface area is 59.1 Å². The van der Waals surface area contributed by atoms with Crippen LogP contribution in [0.25, 0.3) is 0 Å². The molecule has 0 bridgehead atoms. The van der Waals surface area contributed by atoms with E-state index >= 15 is 0 Å². The molecule has 0 unspecified atom stereocenters. The molecule has 0 spiro atoms. The van der Waals surface area contributed by atoms with E-state index in [0.29, 0.717) is 0 Å². The fraction of sp³-hybridized carbons (Fsp3) is 0.143. The average molecular weight is 136 g/mol. The summed E-state index contributed by atoms with van der Waals surface area (Å²) in [6.45, 7) is 0. The van der Waals surface area contributed by atoms with E-state index in [1.165, 1.54) is 0 Å². The first-order valence-electron chi connectivity index (χ1n) is 3.13. The summed E-state index contributed by atoms with van der Waals surface area (Å²) >= 11 is 0. The Balaban J connectivity index is 2.51. The Morgan fingerprint density at radius 1 is 1.40 bits per heavy atom. The van der Waals surface area contributed by atoms with Gasteiger partial charge < -0.3 is 4.84 Å². The smallest absolute Gasteiger partial charge is 0.174 e. The van der Waals surface area contributed by atoms with Crippen molar-refractivity contribution in [2.24, 2.45) is 0 Å². The number of fused-ring (bicyclic) bond motifs is 1. The summed E-state index contributed by atoms with van der Waals surface area (Å²) in [5, 5.41) is 1.83. The molecule has 1 N–H and O–H groups in total. The zero-order chi connectivity index (χ0) is 6.97. The monoisotopic (exact) mass is 136 g/mol. The minimum absolute atomic E-state index is 0.880. The number of para-hydroxylation sites is 2. The summed E-state index contributed by atoms with van der Waals surface area (Å²) in [5.74, 6) is 0.880. The van der Waals surface area contributed by atoms with Gasteiger partial charge in [-0.3, -0.25) is 5.01 Å². The second-order valence-corrected chi connectivity index (χ2v) is 2.22. The van der Waals surface area contributed by atoms with E-state index in [2.05, 4.69) is 5.59 Å². The van der Waals surface area contributed by atoms with E-state index < -0.39 is 0 Å². The van der Waals surface area contributed by atoms with Crippen LogP contribution in [0, 0.1) is 0 Å². The Hall–Kier alpha value is -1.22. The first-order chi connectivity index (χ1) is 4.88. The van der Waals surface area contributed by atoms with Crippen LogP contribution in [0.15, 0.2) is 24.3 Å². The molecule has 0 aromatic heterocycles. The Morgan fingerprint density at radius 3 is 3.00 bits per heavy atom. The van der Waals surface area contributed by atoms with Gasteiger partial charge in [-0.2, -0.15) is 0 Å². The van der Waals surface area contributed by atoms with E-state index in [0.717, 1.165) is 11.4 Å². The highest BCUT2D eigenvalue weighted by molar-refractivity contribution is 5.58. The van der Waals surface area contributed by atoms with E-state index in [1.807, 2.05) is 36.3 Å². The molecule has 2 rings (SSSR count). The molecule has 0 radical (unpaired) electrons. The highest BCUT2D eigenvalue weighted by Gasteiger charge is 2.14. The summed E-state index contributed by atoms with van der Waals surface area (Å²) in [6, 6.07) is 7.84. The van der Waals surface area contributed by atoms with Crippen LogP contribution in [-0.2, 0) is 0 Å². The molecular weight excluding hydrogens is 128 g/mol. The Morgan fingerprint density at radius 2 is 2.20 bits per heavy atom. The van der Waals surface area contributed by atoms with Crippen LogP contribution in [0.5, 0.6) is 5.75 Å². The highest BCUT2D eigenvalue weighted by Crippen LogP contribution is 2.28. The molecule has 0 aliphatic carbocycles. The predicted octanol–water partition coefficient (Wildman–Crippen LogP) is 0.935. The summed E-state index contributed by atoms with van der Waals surface area (Å²) < 4.78 is 0. The van der Waals surface area contributed by atoms with Crippen LogP contribution in [0.4, 0.5) is 5.69 Å². The Kier molecular flexibility index (Phi) is 1.05. The number of nitrogens with zero attached hydrogens (tertiary/aromatic N) is 1. The van der Waals surface area contributed by atoms with Crippen LogP contribution in [-0.4, -0.2) is 7.05 Å². The maximum atomic E-state index is 5.09. The summed E-state index contributed by atoms with van der Waals surface area (Å²) in [7, 11) is 1.91. The lowest BCUT2D eigenvalue weighted by Crippen LogP contribution is -2.30. The molecule has 1 aromatic rings. The minimum atomic E-state index is 0.880. The molecule has 1 aliphatic rings. The van der Waals surface area contributed by atoms with Crippen LogP contribution in [0.2, 0.25) is 0 Å².